The van der Waals surface area contributed by atoms with E-state index in [2.05, 4.69) is 20.8 Å². The molecule has 2 aromatic carbocycles. The molecule has 4 rings (SSSR count). The summed E-state index contributed by atoms with van der Waals surface area (Å²) in [4.78, 5) is 26.5. The number of hydrogen-bond donors (Lipinski definition) is 2. The smallest absolute Gasteiger partial charge is 0.238 e. The zero-order valence-corrected chi connectivity index (χ0v) is 20.9. The van der Waals surface area contributed by atoms with Crippen molar-refractivity contribution in [1.82, 2.24) is 0 Å². The number of benzene rings is 2. The molecule has 2 aromatic rings. The third-order valence-electron chi connectivity index (χ3n) is 7.15. The Hall–Kier alpha value is -2.40. The van der Waals surface area contributed by atoms with E-state index in [9.17, 15) is 26.4 Å². The van der Waals surface area contributed by atoms with E-state index in [0.29, 0.717) is 18.8 Å². The average Bonchev–Trinajstić information content (AvgIpc) is 2.74. The van der Waals surface area contributed by atoms with Crippen molar-refractivity contribution in [3.63, 3.8) is 0 Å². The van der Waals surface area contributed by atoms with Crippen LogP contribution in [0.4, 0.5) is 0 Å². The number of sulfonamides is 2. The van der Waals surface area contributed by atoms with E-state index in [1.807, 2.05) is 0 Å². The summed E-state index contributed by atoms with van der Waals surface area (Å²) < 4.78 is 48.7. The largest absolute Gasteiger partial charge is 0.289 e. The van der Waals surface area contributed by atoms with Crippen molar-refractivity contribution in [2.45, 2.75) is 62.2 Å². The van der Waals surface area contributed by atoms with Crippen LogP contribution < -0.4 is 10.3 Å². The summed E-state index contributed by atoms with van der Waals surface area (Å²) in [5.41, 5.74) is 0.392. The van der Waals surface area contributed by atoms with Gasteiger partial charge in [-0.15, -0.1) is 0 Å². The van der Waals surface area contributed by atoms with Gasteiger partial charge in [-0.05, 0) is 78.8 Å². The first-order chi connectivity index (χ1) is 15.6. The van der Waals surface area contributed by atoms with E-state index in [1.54, 1.807) is 0 Å². The molecule has 0 aliphatic heterocycles. The highest BCUT2D eigenvalue weighted by atomic mass is 32.2. The van der Waals surface area contributed by atoms with Crippen LogP contribution >= 0.6 is 0 Å². The van der Waals surface area contributed by atoms with Gasteiger partial charge >= 0.3 is 0 Å². The molecule has 0 spiro atoms. The number of carbonyl (C=O) groups excluding carboxylic acids is 2. The molecule has 4 N–H and O–H groups in total. The molecular weight excluding hydrogens is 476 g/mol. The summed E-state index contributed by atoms with van der Waals surface area (Å²) in [5, 5.41) is 10.8. The van der Waals surface area contributed by atoms with Crippen LogP contribution in [0.3, 0.4) is 0 Å². The number of hydrogen-bond acceptors (Lipinski definition) is 6. The fourth-order valence-corrected chi connectivity index (χ4v) is 6.67. The predicted molar refractivity (Wildman–Crippen MR) is 127 cm³/mol. The molecule has 0 bridgehead atoms. The molecule has 0 amide bonds. The number of primary sulfonamides is 2. The van der Waals surface area contributed by atoms with Crippen molar-refractivity contribution in [3.05, 3.63) is 58.1 Å². The Balaban J connectivity index is 1.91. The summed E-state index contributed by atoms with van der Waals surface area (Å²) in [5.74, 6) is -0.914. The van der Waals surface area contributed by atoms with Gasteiger partial charge in [0.1, 0.15) is 0 Å². The number of fused-ring (bicyclic) bond motifs is 2. The second-order valence-corrected chi connectivity index (χ2v) is 13.4. The second kappa shape index (κ2) is 8.08. The van der Waals surface area contributed by atoms with Gasteiger partial charge in [0.05, 0.1) is 9.79 Å². The van der Waals surface area contributed by atoms with Crippen LogP contribution in [0.1, 0.15) is 89.8 Å². The van der Waals surface area contributed by atoms with Crippen LogP contribution in [-0.2, 0) is 20.0 Å². The number of nitrogens with two attached hydrogens (primary N) is 2. The van der Waals surface area contributed by atoms with Gasteiger partial charge < -0.3 is 0 Å². The third-order valence-corrected chi connectivity index (χ3v) is 9.03. The molecule has 0 saturated heterocycles. The van der Waals surface area contributed by atoms with E-state index in [4.69, 9.17) is 10.3 Å². The summed E-state index contributed by atoms with van der Waals surface area (Å²) in [6, 6.07) is 6.14. The van der Waals surface area contributed by atoms with Gasteiger partial charge in [-0.2, -0.15) is 0 Å². The maximum atomic E-state index is 13.7. The first-order valence-electron chi connectivity index (χ1n) is 11.1. The molecule has 0 atom stereocenters. The molecule has 8 nitrogen and oxygen atoms in total. The van der Waals surface area contributed by atoms with Crippen molar-refractivity contribution in [1.29, 1.82) is 0 Å². The van der Waals surface area contributed by atoms with Crippen molar-refractivity contribution in [2.75, 3.05) is 0 Å². The fourth-order valence-electron chi connectivity index (χ4n) is 5.30. The third kappa shape index (κ3) is 4.24. The maximum absolute atomic E-state index is 13.7. The summed E-state index contributed by atoms with van der Waals surface area (Å²) >= 11 is 0. The lowest BCUT2D eigenvalue weighted by molar-refractivity contribution is 0.0976. The maximum Gasteiger partial charge on any atom is 0.238 e. The molecule has 1 saturated carbocycles. The van der Waals surface area contributed by atoms with Gasteiger partial charge in [-0.3, -0.25) is 9.59 Å². The van der Waals surface area contributed by atoms with E-state index >= 15 is 0 Å². The monoisotopic (exact) mass is 504 g/mol. The van der Waals surface area contributed by atoms with Gasteiger partial charge in [-0.25, -0.2) is 27.1 Å². The molecule has 0 radical (unpaired) electrons. The zero-order valence-electron chi connectivity index (χ0n) is 19.3. The molecule has 0 aromatic heterocycles. The van der Waals surface area contributed by atoms with Crippen LogP contribution in [-0.4, -0.2) is 28.4 Å². The molecular formula is C24H28N2O6S2. The minimum atomic E-state index is -4.19. The predicted octanol–water partition coefficient (Wildman–Crippen LogP) is 3.08. The molecule has 1 fully saturated rings. The van der Waals surface area contributed by atoms with Crippen LogP contribution in [0.5, 0.6) is 0 Å². The SMILES string of the molecule is CC(C)(C)C1CCC(c2c(S(N)(=O)=O)ccc3c2C(=O)c2cc(S(N)(=O)=O)ccc2C3=O)CC1. The minimum absolute atomic E-state index is 0.00481. The molecule has 34 heavy (non-hydrogen) atoms. The zero-order chi connectivity index (χ0) is 25.2. The summed E-state index contributed by atoms with van der Waals surface area (Å²) in [6.07, 6.45) is 2.98. The van der Waals surface area contributed by atoms with Crippen LogP contribution in [0.2, 0.25) is 0 Å². The first-order valence-corrected chi connectivity index (χ1v) is 14.2. The van der Waals surface area contributed by atoms with Gasteiger partial charge in [0, 0.05) is 22.3 Å². The average molecular weight is 505 g/mol. The topological polar surface area (TPSA) is 154 Å². The van der Waals surface area contributed by atoms with Crippen LogP contribution in [0.15, 0.2) is 40.1 Å². The highest BCUT2D eigenvalue weighted by Crippen LogP contribution is 2.46. The lowest BCUT2D eigenvalue weighted by Crippen LogP contribution is -2.30. The van der Waals surface area contributed by atoms with E-state index in [0.717, 1.165) is 18.9 Å². The Morgan fingerprint density at radius 1 is 0.765 bits per heavy atom. The lowest BCUT2D eigenvalue weighted by Gasteiger charge is -2.38. The number of carbonyl (C=O) groups is 2. The quantitative estimate of drug-likeness (QED) is 0.558. The molecule has 0 heterocycles. The molecule has 182 valence electrons. The van der Waals surface area contributed by atoms with Crippen molar-refractivity contribution in [3.8, 4) is 0 Å². The Kier molecular flexibility index (Phi) is 5.87. The summed E-state index contributed by atoms with van der Waals surface area (Å²) in [6.45, 7) is 6.50. The first kappa shape index (κ1) is 24.7. The van der Waals surface area contributed by atoms with Gasteiger partial charge in [0.15, 0.2) is 11.6 Å². The van der Waals surface area contributed by atoms with Gasteiger partial charge in [0.25, 0.3) is 0 Å². The molecule has 0 unspecified atom stereocenters. The van der Waals surface area contributed by atoms with E-state index in [1.165, 1.54) is 24.3 Å². The van der Waals surface area contributed by atoms with Crippen molar-refractivity contribution in [2.24, 2.45) is 21.6 Å². The Labute approximate surface area is 199 Å². The van der Waals surface area contributed by atoms with Crippen molar-refractivity contribution >= 4 is 31.6 Å². The fraction of sp³-hybridized carbons (Fsp3) is 0.417. The normalized spacial score (nSPS) is 21.2. The van der Waals surface area contributed by atoms with E-state index in [-0.39, 0.29) is 48.9 Å². The molecule has 2 aliphatic rings. The summed E-state index contributed by atoms with van der Waals surface area (Å²) in [7, 11) is -8.30. The molecule has 10 heteroatoms. The Morgan fingerprint density at radius 3 is 1.88 bits per heavy atom. The molecule has 2 aliphatic carbocycles. The van der Waals surface area contributed by atoms with Crippen LogP contribution in [0, 0.1) is 11.3 Å². The second-order valence-electron chi connectivity index (χ2n) is 10.3. The van der Waals surface area contributed by atoms with Gasteiger partial charge in [0.2, 0.25) is 20.0 Å². The number of ketones is 2. The van der Waals surface area contributed by atoms with Crippen molar-refractivity contribution < 1.29 is 26.4 Å². The van der Waals surface area contributed by atoms with Crippen LogP contribution in [0.25, 0.3) is 0 Å². The number of rotatable bonds is 3. The minimum Gasteiger partial charge on any atom is -0.289 e. The Bertz CT molecular complexity index is 1430. The van der Waals surface area contributed by atoms with Gasteiger partial charge in [-0.1, -0.05) is 20.8 Å². The highest BCUT2D eigenvalue weighted by molar-refractivity contribution is 7.89. The van der Waals surface area contributed by atoms with E-state index < -0.39 is 31.6 Å². The Morgan fingerprint density at radius 2 is 1.35 bits per heavy atom. The standard InChI is InChI=1S/C24H28N2O6S2/c1-24(2,3)14-6-4-13(5-7-14)20-19(34(26,31)32)11-10-17-21(20)23(28)18-12-15(33(25,29)30)8-9-16(18)22(17)27/h8-14H,4-7H2,1-3H3,(H2,25,29,30)(H2,26,31,32). The highest BCUT2D eigenvalue weighted by Gasteiger charge is 2.39. The lowest BCUT2D eigenvalue weighted by atomic mass is 9.67.